The summed E-state index contributed by atoms with van der Waals surface area (Å²) in [5.74, 6) is 1.48. The van der Waals surface area contributed by atoms with Gasteiger partial charge < -0.3 is 14.6 Å². The number of nitrogens with zero attached hydrogens (tertiary/aromatic N) is 2. The molecule has 1 N–H and O–H groups in total. The molecule has 0 bridgehead atoms. The fraction of sp³-hybridized carbons (Fsp3) is 0.481. The number of carbonyl (C=O) groups is 2. The van der Waals surface area contributed by atoms with Gasteiger partial charge in [-0.3, -0.25) is 14.5 Å². The number of fused-ring (bicyclic) bond motifs is 3. The van der Waals surface area contributed by atoms with E-state index in [1.54, 1.807) is 16.2 Å². The molecule has 1 aliphatic carbocycles. The van der Waals surface area contributed by atoms with Gasteiger partial charge in [-0.25, -0.2) is 0 Å². The Hall–Kier alpha value is -2.80. The van der Waals surface area contributed by atoms with E-state index < -0.39 is 5.54 Å². The lowest BCUT2D eigenvalue weighted by molar-refractivity contribution is -0.128. The molecule has 2 amide bonds. The van der Waals surface area contributed by atoms with Gasteiger partial charge in [0.2, 0.25) is 5.91 Å². The Morgan fingerprint density at radius 3 is 2.71 bits per heavy atom. The molecule has 1 fully saturated rings. The number of aromatic nitrogens is 1. The monoisotopic (exact) mass is 479 g/mol. The summed E-state index contributed by atoms with van der Waals surface area (Å²) < 4.78 is 8.68. The highest BCUT2D eigenvalue weighted by molar-refractivity contribution is 7.17. The Balaban J connectivity index is 1.55. The van der Waals surface area contributed by atoms with Crippen LogP contribution in [-0.4, -0.2) is 34.6 Å². The molecule has 6 nitrogen and oxygen atoms in total. The van der Waals surface area contributed by atoms with Crippen LogP contribution in [0.4, 0.5) is 5.69 Å². The molecule has 0 unspecified atom stereocenters. The van der Waals surface area contributed by atoms with E-state index >= 15 is 0 Å². The minimum absolute atomic E-state index is 0.0941. The lowest BCUT2D eigenvalue weighted by Crippen LogP contribution is -2.66. The van der Waals surface area contributed by atoms with Gasteiger partial charge in [-0.2, -0.15) is 0 Å². The third-order valence-electron chi connectivity index (χ3n) is 7.82. The molecule has 3 heterocycles. The van der Waals surface area contributed by atoms with Crippen molar-refractivity contribution in [2.45, 2.75) is 65.1 Å². The second-order valence-electron chi connectivity index (χ2n) is 9.97. The number of anilines is 1. The molecular formula is C27H33N3O3S. The Morgan fingerprint density at radius 2 is 1.97 bits per heavy atom. The van der Waals surface area contributed by atoms with Crippen LogP contribution >= 0.6 is 11.3 Å². The average molecular weight is 480 g/mol. The zero-order valence-electron chi connectivity index (χ0n) is 20.3. The van der Waals surface area contributed by atoms with Crippen molar-refractivity contribution in [3.05, 3.63) is 47.5 Å². The second-order valence-corrected chi connectivity index (χ2v) is 10.9. The van der Waals surface area contributed by atoms with Gasteiger partial charge >= 0.3 is 0 Å². The van der Waals surface area contributed by atoms with Crippen LogP contribution in [0.25, 0.3) is 10.2 Å². The normalized spacial score (nSPS) is 27.0. The van der Waals surface area contributed by atoms with E-state index in [0.717, 1.165) is 28.8 Å². The third-order valence-corrected chi connectivity index (χ3v) is 8.68. The van der Waals surface area contributed by atoms with Gasteiger partial charge in [-0.15, -0.1) is 11.3 Å². The zero-order valence-corrected chi connectivity index (χ0v) is 21.2. The standard InChI is InChI=1S/C27H33N3O3S/c1-5-33-20-11-9-19(10-12-20)30-25(31)23-15-24-22(13-14-34-24)29(23)16-27(30,4)26(32)28-21-8-6-7-17(2)18(21)3/h9-15,17-18,21H,5-8,16H2,1-4H3,(H,28,32)/t17-,18-,21+,27+/m0/s1. The Morgan fingerprint density at radius 1 is 1.21 bits per heavy atom. The fourth-order valence-corrected chi connectivity index (χ4v) is 6.41. The van der Waals surface area contributed by atoms with Gasteiger partial charge in [-0.05, 0) is 73.9 Å². The minimum Gasteiger partial charge on any atom is -0.494 e. The first-order valence-electron chi connectivity index (χ1n) is 12.3. The molecule has 3 aromatic rings. The number of benzene rings is 1. The number of amides is 2. The summed E-state index contributed by atoms with van der Waals surface area (Å²) >= 11 is 1.62. The Kier molecular flexibility index (Phi) is 5.92. The largest absolute Gasteiger partial charge is 0.494 e. The van der Waals surface area contributed by atoms with Crippen LogP contribution in [0.5, 0.6) is 5.75 Å². The molecule has 180 valence electrons. The smallest absolute Gasteiger partial charge is 0.275 e. The van der Waals surface area contributed by atoms with E-state index in [2.05, 4.69) is 19.2 Å². The van der Waals surface area contributed by atoms with E-state index in [9.17, 15) is 9.59 Å². The first-order valence-corrected chi connectivity index (χ1v) is 13.2. The molecule has 7 heteroatoms. The van der Waals surface area contributed by atoms with E-state index in [0.29, 0.717) is 36.4 Å². The van der Waals surface area contributed by atoms with Crippen LogP contribution in [0.2, 0.25) is 0 Å². The molecule has 1 aromatic carbocycles. The van der Waals surface area contributed by atoms with Crippen molar-refractivity contribution in [2.75, 3.05) is 11.5 Å². The third kappa shape index (κ3) is 3.70. The molecule has 2 aromatic heterocycles. The van der Waals surface area contributed by atoms with Crippen LogP contribution in [0, 0.1) is 11.8 Å². The molecule has 1 aliphatic heterocycles. The van der Waals surface area contributed by atoms with Gasteiger partial charge in [0.25, 0.3) is 5.91 Å². The molecular weight excluding hydrogens is 446 g/mol. The van der Waals surface area contributed by atoms with E-state index in [4.69, 9.17) is 4.74 Å². The van der Waals surface area contributed by atoms with E-state index in [-0.39, 0.29) is 17.9 Å². The maximum atomic E-state index is 14.0. The second kappa shape index (κ2) is 8.77. The summed E-state index contributed by atoms with van der Waals surface area (Å²) in [5, 5.41) is 5.39. The van der Waals surface area contributed by atoms with Crippen molar-refractivity contribution in [3.63, 3.8) is 0 Å². The number of rotatable bonds is 5. The van der Waals surface area contributed by atoms with Gasteiger partial charge in [0.1, 0.15) is 17.0 Å². The SMILES string of the molecule is CCOc1ccc(N2C(=O)c3cc4sccc4n3C[C@]2(C)C(=O)N[C@@H]2CCC[C@H](C)[C@@H]2C)cc1. The maximum Gasteiger partial charge on any atom is 0.275 e. The first-order chi connectivity index (χ1) is 16.3. The number of ether oxygens (including phenoxy) is 1. The lowest BCUT2D eigenvalue weighted by atomic mass is 9.77. The molecule has 0 spiro atoms. The highest BCUT2D eigenvalue weighted by Gasteiger charge is 2.49. The van der Waals surface area contributed by atoms with Crippen LogP contribution in [0.1, 0.15) is 57.4 Å². The molecule has 2 aliphatic rings. The van der Waals surface area contributed by atoms with Gasteiger partial charge in [0, 0.05) is 11.7 Å². The number of nitrogens with one attached hydrogen (secondary N) is 1. The highest BCUT2D eigenvalue weighted by atomic mass is 32.1. The molecule has 0 saturated heterocycles. The van der Waals surface area contributed by atoms with Crippen molar-refractivity contribution in [1.82, 2.24) is 9.88 Å². The molecule has 4 atom stereocenters. The van der Waals surface area contributed by atoms with Crippen molar-refractivity contribution in [3.8, 4) is 5.75 Å². The minimum atomic E-state index is -1.06. The van der Waals surface area contributed by atoms with Crippen molar-refractivity contribution < 1.29 is 14.3 Å². The number of thiophene rings is 1. The number of hydrogen-bond acceptors (Lipinski definition) is 4. The van der Waals surface area contributed by atoms with Gasteiger partial charge in [-0.1, -0.05) is 26.7 Å². The Labute approximate surface area is 204 Å². The predicted molar refractivity (Wildman–Crippen MR) is 137 cm³/mol. The van der Waals surface area contributed by atoms with Crippen molar-refractivity contribution >= 4 is 39.1 Å². The fourth-order valence-electron chi connectivity index (χ4n) is 5.59. The van der Waals surface area contributed by atoms with Crippen molar-refractivity contribution in [2.24, 2.45) is 11.8 Å². The Bertz CT molecular complexity index is 1210. The van der Waals surface area contributed by atoms with Crippen LogP contribution in [0.15, 0.2) is 41.8 Å². The summed E-state index contributed by atoms with van der Waals surface area (Å²) in [5.41, 5.74) is 1.27. The van der Waals surface area contributed by atoms with E-state index in [1.165, 1.54) is 6.42 Å². The molecule has 1 saturated carbocycles. The predicted octanol–water partition coefficient (Wildman–Crippen LogP) is 5.46. The van der Waals surface area contributed by atoms with Crippen LogP contribution in [-0.2, 0) is 11.3 Å². The van der Waals surface area contributed by atoms with Crippen LogP contribution in [0.3, 0.4) is 0 Å². The number of carbonyl (C=O) groups excluding carboxylic acids is 2. The summed E-state index contributed by atoms with van der Waals surface area (Å²) in [6.45, 7) is 9.31. The van der Waals surface area contributed by atoms with Crippen LogP contribution < -0.4 is 15.0 Å². The summed E-state index contributed by atoms with van der Waals surface area (Å²) in [6.07, 6.45) is 3.30. The topological polar surface area (TPSA) is 63.6 Å². The number of hydrogen-bond donors (Lipinski definition) is 1. The van der Waals surface area contributed by atoms with Gasteiger partial charge in [0.15, 0.2) is 0 Å². The zero-order chi connectivity index (χ0) is 24.0. The summed E-state index contributed by atoms with van der Waals surface area (Å²) in [4.78, 5) is 29.6. The highest BCUT2D eigenvalue weighted by Crippen LogP contribution is 2.38. The molecule has 5 rings (SSSR count). The average Bonchev–Trinajstić information content (AvgIpc) is 3.41. The van der Waals surface area contributed by atoms with E-state index in [1.807, 2.05) is 60.2 Å². The molecule has 0 radical (unpaired) electrons. The van der Waals surface area contributed by atoms with Gasteiger partial charge in [0.05, 0.1) is 23.4 Å². The summed E-state index contributed by atoms with van der Waals surface area (Å²) in [6, 6.07) is 11.6. The maximum absolute atomic E-state index is 14.0. The van der Waals surface area contributed by atoms with Crippen molar-refractivity contribution in [1.29, 1.82) is 0 Å². The lowest BCUT2D eigenvalue weighted by Gasteiger charge is -2.45. The quantitative estimate of drug-likeness (QED) is 0.528. The first kappa shape index (κ1) is 23.0. The summed E-state index contributed by atoms with van der Waals surface area (Å²) in [7, 11) is 0. The molecule has 34 heavy (non-hydrogen) atoms.